The zero-order valence-corrected chi connectivity index (χ0v) is 15.2. The second-order valence-electron chi connectivity index (χ2n) is 6.88. The highest BCUT2D eigenvalue weighted by Crippen LogP contribution is 2.33. The van der Waals surface area contributed by atoms with Crippen LogP contribution in [0.4, 0.5) is 10.2 Å². The van der Waals surface area contributed by atoms with E-state index in [0.29, 0.717) is 35.8 Å². The Hall–Kier alpha value is -3.28. The van der Waals surface area contributed by atoms with Gasteiger partial charge >= 0.3 is 0 Å². The molecule has 2 aromatic heterocycles. The molecular formula is C19H19FN6O2. The fourth-order valence-corrected chi connectivity index (χ4v) is 3.61. The number of halogens is 1. The van der Waals surface area contributed by atoms with Gasteiger partial charge in [-0.1, -0.05) is 0 Å². The number of ether oxygens (including phenoxy) is 1. The number of hydrogen-bond acceptors (Lipinski definition) is 7. The summed E-state index contributed by atoms with van der Waals surface area (Å²) in [6.45, 7) is 1.43. The van der Waals surface area contributed by atoms with Crippen LogP contribution in [0, 0.1) is 11.3 Å². The molecular weight excluding hydrogens is 363 g/mol. The van der Waals surface area contributed by atoms with Gasteiger partial charge in [0.1, 0.15) is 29.8 Å². The van der Waals surface area contributed by atoms with E-state index in [0.717, 1.165) is 0 Å². The molecule has 0 saturated carbocycles. The van der Waals surface area contributed by atoms with Crippen LogP contribution in [0.5, 0.6) is 5.75 Å². The molecule has 28 heavy (non-hydrogen) atoms. The summed E-state index contributed by atoms with van der Waals surface area (Å²) in [5.41, 5.74) is -0.992. The largest absolute Gasteiger partial charge is 0.490 e. The van der Waals surface area contributed by atoms with Crippen LogP contribution in [0.2, 0.25) is 0 Å². The maximum absolute atomic E-state index is 15.5. The number of anilines is 1. The van der Waals surface area contributed by atoms with Crippen LogP contribution in [0.15, 0.2) is 31.0 Å². The third-order valence-electron chi connectivity index (χ3n) is 5.16. The number of hydrogen-bond donors (Lipinski definition) is 0. The summed E-state index contributed by atoms with van der Waals surface area (Å²) >= 11 is 0. The maximum atomic E-state index is 15.5. The Morgan fingerprint density at radius 3 is 2.71 bits per heavy atom. The molecule has 0 radical (unpaired) electrons. The minimum atomic E-state index is -1.93. The molecule has 0 N–H and O–H groups in total. The van der Waals surface area contributed by atoms with Crippen LogP contribution in [0.25, 0.3) is 0 Å². The number of rotatable bonds is 2. The first-order valence-electron chi connectivity index (χ1n) is 9.10. The van der Waals surface area contributed by atoms with E-state index in [9.17, 15) is 10.1 Å². The standard InChI is InChI=1S/C19H19FN6O2/c20-19(1-5-25(6-2-19)16-12-22-3-4-24-16)18(27)26-7-8-28-17-14(9-21)10-23-11-15(17)13-26/h3-4,10-12H,1-2,5-8,13H2. The molecule has 9 heteroatoms. The van der Waals surface area contributed by atoms with Gasteiger partial charge in [0.2, 0.25) is 0 Å². The molecule has 0 bridgehead atoms. The molecule has 0 aromatic carbocycles. The topological polar surface area (TPSA) is 95.2 Å². The van der Waals surface area contributed by atoms with Gasteiger partial charge in [-0.05, 0) is 0 Å². The Morgan fingerprint density at radius 1 is 1.18 bits per heavy atom. The minimum absolute atomic E-state index is 0.0864. The predicted octanol–water partition coefficient (Wildman–Crippen LogP) is 1.47. The molecule has 0 atom stereocenters. The van der Waals surface area contributed by atoms with Crippen LogP contribution in [0.1, 0.15) is 24.0 Å². The van der Waals surface area contributed by atoms with Gasteiger partial charge in [-0.2, -0.15) is 5.26 Å². The Morgan fingerprint density at radius 2 is 2.00 bits per heavy atom. The zero-order valence-electron chi connectivity index (χ0n) is 15.2. The van der Waals surface area contributed by atoms with Gasteiger partial charge in [0.05, 0.1) is 19.3 Å². The van der Waals surface area contributed by atoms with Crippen molar-refractivity contribution in [3.63, 3.8) is 0 Å². The quantitative estimate of drug-likeness (QED) is 0.776. The van der Waals surface area contributed by atoms with Gasteiger partial charge in [-0.15, -0.1) is 0 Å². The van der Waals surface area contributed by atoms with Crippen molar-refractivity contribution < 1.29 is 13.9 Å². The molecule has 4 heterocycles. The number of carbonyl (C=O) groups is 1. The van der Waals surface area contributed by atoms with Crippen molar-refractivity contribution in [2.45, 2.75) is 25.1 Å². The lowest BCUT2D eigenvalue weighted by Crippen LogP contribution is -2.52. The average molecular weight is 382 g/mol. The molecule has 0 spiro atoms. The van der Waals surface area contributed by atoms with Gasteiger partial charge in [-0.25, -0.2) is 9.37 Å². The summed E-state index contributed by atoms with van der Waals surface area (Å²) in [5.74, 6) is 0.576. The first kappa shape index (κ1) is 18.1. The summed E-state index contributed by atoms with van der Waals surface area (Å²) < 4.78 is 21.2. The summed E-state index contributed by atoms with van der Waals surface area (Å²) in [4.78, 5) is 28.7. The number of aromatic nitrogens is 3. The van der Waals surface area contributed by atoms with E-state index in [1.54, 1.807) is 24.8 Å². The van der Waals surface area contributed by atoms with E-state index in [4.69, 9.17) is 4.74 Å². The lowest BCUT2D eigenvalue weighted by atomic mass is 9.91. The Kier molecular flexibility index (Phi) is 4.77. The summed E-state index contributed by atoms with van der Waals surface area (Å²) in [7, 11) is 0. The maximum Gasteiger partial charge on any atom is 0.260 e. The van der Waals surface area contributed by atoms with Crippen molar-refractivity contribution in [2.75, 3.05) is 31.1 Å². The third kappa shape index (κ3) is 3.33. The lowest BCUT2D eigenvalue weighted by Gasteiger charge is -2.38. The number of pyridine rings is 1. The Labute approximate surface area is 161 Å². The predicted molar refractivity (Wildman–Crippen MR) is 97.2 cm³/mol. The lowest BCUT2D eigenvalue weighted by molar-refractivity contribution is -0.146. The van der Waals surface area contributed by atoms with Crippen molar-refractivity contribution >= 4 is 11.7 Å². The molecule has 2 aliphatic heterocycles. The number of amides is 1. The first-order valence-corrected chi connectivity index (χ1v) is 9.10. The second kappa shape index (κ2) is 7.38. The van der Waals surface area contributed by atoms with Crippen LogP contribution in [0.3, 0.4) is 0 Å². The minimum Gasteiger partial charge on any atom is -0.490 e. The zero-order chi connectivity index (χ0) is 19.6. The van der Waals surface area contributed by atoms with Crippen molar-refractivity contribution in [3.05, 3.63) is 42.1 Å². The van der Waals surface area contributed by atoms with Gasteiger partial charge < -0.3 is 14.5 Å². The molecule has 4 rings (SSSR count). The SMILES string of the molecule is N#Cc1cncc2c1OCCN(C(=O)C1(F)CCN(c3cnccn3)CC1)C2. The highest BCUT2D eigenvalue weighted by Gasteiger charge is 2.44. The first-order chi connectivity index (χ1) is 13.6. The Balaban J connectivity index is 1.47. The summed E-state index contributed by atoms with van der Waals surface area (Å²) in [5, 5.41) is 9.20. The molecule has 0 aliphatic carbocycles. The molecule has 0 unspecified atom stereocenters. The van der Waals surface area contributed by atoms with Crippen molar-refractivity contribution in [1.82, 2.24) is 19.9 Å². The van der Waals surface area contributed by atoms with Crippen molar-refractivity contribution in [3.8, 4) is 11.8 Å². The molecule has 1 amide bonds. The molecule has 1 saturated heterocycles. The number of nitriles is 1. The highest BCUT2D eigenvalue weighted by atomic mass is 19.1. The highest BCUT2D eigenvalue weighted by molar-refractivity contribution is 5.85. The fraction of sp³-hybridized carbons (Fsp3) is 0.421. The Bertz CT molecular complexity index is 908. The molecule has 8 nitrogen and oxygen atoms in total. The third-order valence-corrected chi connectivity index (χ3v) is 5.16. The smallest absolute Gasteiger partial charge is 0.260 e. The van der Waals surface area contributed by atoms with E-state index in [1.807, 2.05) is 11.0 Å². The van der Waals surface area contributed by atoms with Gasteiger partial charge in [0.25, 0.3) is 5.91 Å². The number of nitrogens with zero attached hydrogens (tertiary/aromatic N) is 6. The number of fused-ring (bicyclic) bond motifs is 1. The summed E-state index contributed by atoms with van der Waals surface area (Å²) in [6.07, 6.45) is 7.97. The van der Waals surface area contributed by atoms with E-state index in [-0.39, 0.29) is 32.5 Å². The molecule has 2 aromatic rings. The normalized spacial score (nSPS) is 18.4. The van der Waals surface area contributed by atoms with Crippen LogP contribution >= 0.6 is 0 Å². The van der Waals surface area contributed by atoms with Gasteiger partial charge in [0.15, 0.2) is 5.67 Å². The molecule has 1 fully saturated rings. The van der Waals surface area contributed by atoms with E-state index in [2.05, 4.69) is 15.0 Å². The number of alkyl halides is 1. The molecule has 2 aliphatic rings. The average Bonchev–Trinajstić information content (AvgIpc) is 2.96. The van der Waals surface area contributed by atoms with E-state index in [1.165, 1.54) is 11.1 Å². The van der Waals surface area contributed by atoms with Crippen LogP contribution < -0.4 is 9.64 Å². The van der Waals surface area contributed by atoms with Gasteiger partial charge in [-0.3, -0.25) is 14.8 Å². The van der Waals surface area contributed by atoms with E-state index >= 15 is 4.39 Å². The monoisotopic (exact) mass is 382 g/mol. The molecule has 144 valence electrons. The van der Waals surface area contributed by atoms with Gasteiger partial charge in [0, 0.05) is 56.3 Å². The fourth-order valence-electron chi connectivity index (χ4n) is 3.61. The summed E-state index contributed by atoms with van der Waals surface area (Å²) in [6, 6.07) is 2.04. The number of piperidine rings is 1. The van der Waals surface area contributed by atoms with Crippen molar-refractivity contribution in [2.24, 2.45) is 0 Å². The van der Waals surface area contributed by atoms with Crippen molar-refractivity contribution in [1.29, 1.82) is 5.26 Å². The van der Waals surface area contributed by atoms with Crippen LogP contribution in [-0.4, -0.2) is 57.7 Å². The van der Waals surface area contributed by atoms with Crippen LogP contribution in [-0.2, 0) is 11.3 Å². The second-order valence-corrected chi connectivity index (χ2v) is 6.88. The van der Waals surface area contributed by atoms with E-state index < -0.39 is 11.6 Å². The number of carbonyl (C=O) groups excluding carboxylic acids is 1.